The van der Waals surface area contributed by atoms with Gasteiger partial charge in [0.25, 0.3) is 10.0 Å². The van der Waals surface area contributed by atoms with E-state index in [4.69, 9.17) is 9.47 Å². The molecule has 1 aliphatic heterocycles. The van der Waals surface area contributed by atoms with E-state index in [0.717, 1.165) is 24.1 Å². The van der Waals surface area contributed by atoms with Gasteiger partial charge < -0.3 is 24.6 Å². The molecule has 0 saturated carbocycles. The summed E-state index contributed by atoms with van der Waals surface area (Å²) in [5.41, 5.74) is 1.73. The number of amides is 2. The first-order valence-corrected chi connectivity index (χ1v) is 13.5. The Morgan fingerprint density at radius 3 is 2.39 bits per heavy atom. The SMILES string of the molecule is COc1ccc(S(=O)(=O)Nc2ccc(N(C)C)c(CN(CC3CCCO3)C(=O)NC(C)(C)C)c2)cc1. The van der Waals surface area contributed by atoms with E-state index in [9.17, 15) is 13.2 Å². The number of anilines is 2. The summed E-state index contributed by atoms with van der Waals surface area (Å²) >= 11 is 0. The second-order valence-electron chi connectivity index (χ2n) is 10.2. The third-order valence-corrected chi connectivity index (χ3v) is 7.16. The molecule has 2 N–H and O–H groups in total. The van der Waals surface area contributed by atoms with E-state index in [1.165, 1.54) is 19.2 Å². The maximum atomic E-state index is 13.2. The number of ether oxygens (including phenoxy) is 2. The monoisotopic (exact) mass is 518 g/mol. The van der Waals surface area contributed by atoms with Crippen molar-refractivity contribution in [2.45, 2.75) is 56.7 Å². The molecule has 3 rings (SSSR count). The van der Waals surface area contributed by atoms with Crippen molar-refractivity contribution in [2.24, 2.45) is 0 Å². The van der Waals surface area contributed by atoms with Crippen LogP contribution in [0.1, 0.15) is 39.2 Å². The van der Waals surface area contributed by atoms with Crippen LogP contribution in [0.3, 0.4) is 0 Å². The van der Waals surface area contributed by atoms with Gasteiger partial charge in [0.1, 0.15) is 5.75 Å². The van der Waals surface area contributed by atoms with Gasteiger partial charge in [-0.3, -0.25) is 4.72 Å². The number of sulfonamides is 1. The molecule has 0 spiro atoms. The summed E-state index contributed by atoms with van der Waals surface area (Å²) in [5, 5.41) is 3.04. The number of nitrogens with one attached hydrogen (secondary N) is 2. The standard InChI is InChI=1S/C26H38N4O5S/c1-26(2,3)27-25(31)30(18-22-8-7-15-35-22)17-19-16-20(9-14-24(19)29(4)5)28-36(32,33)23-12-10-21(34-6)11-13-23/h9-14,16,22,28H,7-8,15,17-18H2,1-6H3,(H,27,31). The number of carbonyl (C=O) groups is 1. The average Bonchev–Trinajstić information content (AvgIpc) is 3.30. The Kier molecular flexibility index (Phi) is 8.73. The molecular formula is C26H38N4O5S. The number of rotatable bonds is 9. The zero-order valence-electron chi connectivity index (χ0n) is 22.0. The zero-order chi connectivity index (χ0) is 26.5. The lowest BCUT2D eigenvalue weighted by Gasteiger charge is -2.31. The first-order valence-electron chi connectivity index (χ1n) is 12.0. The second kappa shape index (κ2) is 11.4. The van der Waals surface area contributed by atoms with Crippen LogP contribution in [0.4, 0.5) is 16.2 Å². The third kappa shape index (κ3) is 7.51. The van der Waals surface area contributed by atoms with Crippen LogP contribution in [0.2, 0.25) is 0 Å². The molecule has 1 saturated heterocycles. The topological polar surface area (TPSA) is 100 Å². The van der Waals surface area contributed by atoms with Gasteiger partial charge in [-0.25, -0.2) is 13.2 Å². The second-order valence-corrected chi connectivity index (χ2v) is 11.9. The molecule has 36 heavy (non-hydrogen) atoms. The number of hydrogen-bond donors (Lipinski definition) is 2. The predicted molar refractivity (Wildman–Crippen MR) is 142 cm³/mol. The van der Waals surface area contributed by atoms with Crippen LogP contribution in [0.25, 0.3) is 0 Å². The van der Waals surface area contributed by atoms with Crippen molar-refractivity contribution in [3.05, 3.63) is 48.0 Å². The first-order chi connectivity index (χ1) is 16.9. The molecule has 2 aromatic carbocycles. The third-order valence-electron chi connectivity index (χ3n) is 5.76. The summed E-state index contributed by atoms with van der Waals surface area (Å²) in [6.45, 7) is 7.27. The zero-order valence-corrected chi connectivity index (χ0v) is 22.8. The molecule has 9 nitrogen and oxygen atoms in total. The van der Waals surface area contributed by atoms with Crippen molar-refractivity contribution in [3.63, 3.8) is 0 Å². The maximum absolute atomic E-state index is 13.2. The summed E-state index contributed by atoms with van der Waals surface area (Å²) in [4.78, 5) is 17.0. The number of carbonyl (C=O) groups excluding carboxylic acids is 1. The highest BCUT2D eigenvalue weighted by Gasteiger charge is 2.26. The highest BCUT2D eigenvalue weighted by atomic mass is 32.2. The first kappa shape index (κ1) is 27.6. The molecule has 0 aromatic heterocycles. The van der Waals surface area contributed by atoms with Crippen LogP contribution in [-0.4, -0.2) is 65.3 Å². The van der Waals surface area contributed by atoms with E-state index < -0.39 is 15.6 Å². The summed E-state index contributed by atoms with van der Waals surface area (Å²) in [5.74, 6) is 0.575. The van der Waals surface area contributed by atoms with Gasteiger partial charge in [-0.05, 0) is 81.6 Å². The number of nitrogens with zero attached hydrogens (tertiary/aromatic N) is 2. The minimum atomic E-state index is -3.81. The lowest BCUT2D eigenvalue weighted by atomic mass is 10.1. The minimum Gasteiger partial charge on any atom is -0.497 e. The van der Waals surface area contributed by atoms with Crippen molar-refractivity contribution < 1.29 is 22.7 Å². The minimum absolute atomic E-state index is 0.0183. The lowest BCUT2D eigenvalue weighted by Crippen LogP contribution is -2.50. The van der Waals surface area contributed by atoms with Gasteiger partial charge in [-0.2, -0.15) is 0 Å². The molecule has 198 valence electrons. The molecule has 10 heteroatoms. The van der Waals surface area contributed by atoms with Crippen LogP contribution < -0.4 is 19.7 Å². The van der Waals surface area contributed by atoms with Gasteiger partial charge in [0.15, 0.2) is 0 Å². The van der Waals surface area contributed by atoms with Gasteiger partial charge in [0, 0.05) is 50.7 Å². The van der Waals surface area contributed by atoms with Gasteiger partial charge in [-0.15, -0.1) is 0 Å². The van der Waals surface area contributed by atoms with E-state index >= 15 is 0 Å². The fourth-order valence-corrected chi connectivity index (χ4v) is 5.09. The number of methoxy groups -OCH3 is 1. The van der Waals surface area contributed by atoms with Gasteiger partial charge >= 0.3 is 6.03 Å². The number of hydrogen-bond acceptors (Lipinski definition) is 6. The van der Waals surface area contributed by atoms with Crippen LogP contribution >= 0.6 is 0 Å². The molecule has 0 radical (unpaired) electrons. The Balaban J connectivity index is 1.89. The molecule has 0 aliphatic carbocycles. The predicted octanol–water partition coefficient (Wildman–Crippen LogP) is 4.05. The Bertz CT molecular complexity index is 1140. The van der Waals surface area contributed by atoms with Crippen molar-refractivity contribution in [1.29, 1.82) is 0 Å². The van der Waals surface area contributed by atoms with Crippen molar-refractivity contribution in [2.75, 3.05) is 44.0 Å². The average molecular weight is 519 g/mol. The summed E-state index contributed by atoms with van der Waals surface area (Å²) < 4.78 is 39.6. The fourth-order valence-electron chi connectivity index (χ4n) is 4.04. The van der Waals surface area contributed by atoms with Crippen LogP contribution in [0.15, 0.2) is 47.4 Å². The maximum Gasteiger partial charge on any atom is 0.318 e. The van der Waals surface area contributed by atoms with Crippen LogP contribution in [0.5, 0.6) is 5.75 Å². The molecular weight excluding hydrogens is 480 g/mol. The molecule has 1 unspecified atom stereocenters. The molecule has 1 fully saturated rings. The molecule has 2 amide bonds. The Morgan fingerprint density at radius 1 is 1.14 bits per heavy atom. The highest BCUT2D eigenvalue weighted by molar-refractivity contribution is 7.92. The molecule has 1 heterocycles. The van der Waals surface area contributed by atoms with Gasteiger partial charge in [-0.1, -0.05) is 0 Å². The number of benzene rings is 2. The van der Waals surface area contributed by atoms with Gasteiger partial charge in [0.05, 0.1) is 18.1 Å². The van der Waals surface area contributed by atoms with E-state index in [2.05, 4.69) is 10.0 Å². The van der Waals surface area contributed by atoms with E-state index in [0.29, 0.717) is 31.1 Å². The summed E-state index contributed by atoms with van der Waals surface area (Å²) in [7, 11) is 1.55. The summed E-state index contributed by atoms with van der Waals surface area (Å²) in [6.07, 6.45) is 1.86. The normalized spacial score (nSPS) is 15.9. The number of urea groups is 1. The molecule has 1 aliphatic rings. The van der Waals surface area contributed by atoms with Crippen molar-refractivity contribution in [1.82, 2.24) is 10.2 Å². The molecule has 0 bridgehead atoms. The molecule has 2 aromatic rings. The lowest BCUT2D eigenvalue weighted by molar-refractivity contribution is 0.0782. The van der Waals surface area contributed by atoms with Crippen molar-refractivity contribution >= 4 is 27.4 Å². The fraction of sp³-hybridized carbons (Fsp3) is 0.500. The Morgan fingerprint density at radius 2 is 1.83 bits per heavy atom. The largest absolute Gasteiger partial charge is 0.497 e. The van der Waals surface area contributed by atoms with E-state index in [-0.39, 0.29) is 17.0 Å². The van der Waals surface area contributed by atoms with Crippen LogP contribution in [-0.2, 0) is 21.3 Å². The van der Waals surface area contributed by atoms with E-state index in [1.54, 1.807) is 29.2 Å². The van der Waals surface area contributed by atoms with Crippen LogP contribution in [0, 0.1) is 0 Å². The van der Waals surface area contributed by atoms with Gasteiger partial charge in [0.2, 0.25) is 0 Å². The Hall–Kier alpha value is -2.98. The van der Waals surface area contributed by atoms with Crippen molar-refractivity contribution in [3.8, 4) is 5.75 Å². The van der Waals surface area contributed by atoms with E-state index in [1.807, 2.05) is 45.8 Å². The Labute approximate surface area is 214 Å². The summed E-state index contributed by atoms with van der Waals surface area (Å²) in [6, 6.07) is 11.4. The smallest absolute Gasteiger partial charge is 0.318 e. The quantitative estimate of drug-likeness (QED) is 0.520. The molecule has 1 atom stereocenters. The highest BCUT2D eigenvalue weighted by Crippen LogP contribution is 2.27.